The molecule has 4 aromatic rings. The average Bonchev–Trinajstić information content (AvgIpc) is 0.830. The maximum absolute atomic E-state index is 5.39. The van der Waals surface area contributed by atoms with Crippen LogP contribution in [-0.4, -0.2) is 15.0 Å². The van der Waals surface area contributed by atoms with Gasteiger partial charge in [-0.3, -0.25) is 0 Å². The van der Waals surface area contributed by atoms with Crippen molar-refractivity contribution in [2.45, 2.75) is 465 Å². The minimum absolute atomic E-state index is 0.632. The van der Waals surface area contributed by atoms with Crippen molar-refractivity contribution in [1.29, 1.82) is 0 Å². The Kier molecular flexibility index (Phi) is 55.7. The number of nitrogens with zero attached hydrogens (tertiary/aromatic N) is 3. The highest BCUT2D eigenvalue weighted by Crippen LogP contribution is 2.33. The summed E-state index contributed by atoms with van der Waals surface area (Å²) in [6.45, 7) is 14.0. The van der Waals surface area contributed by atoms with Gasteiger partial charge in [-0.05, 0) is 135 Å². The first-order valence-electron chi connectivity index (χ1n) is 44.2. The molecular formula is C93H161N5. The number of anilines is 4. The molecule has 0 radical (unpaired) electrons. The van der Waals surface area contributed by atoms with Crippen LogP contribution in [0.3, 0.4) is 0 Å². The van der Waals surface area contributed by atoms with Crippen molar-refractivity contribution < 1.29 is 0 Å². The fourth-order valence-electron chi connectivity index (χ4n) is 15.5. The lowest BCUT2D eigenvalue weighted by atomic mass is 9.89. The van der Waals surface area contributed by atoms with Crippen molar-refractivity contribution >= 4 is 23.3 Å². The van der Waals surface area contributed by atoms with Crippen LogP contribution in [0.2, 0.25) is 0 Å². The van der Waals surface area contributed by atoms with E-state index in [4.69, 9.17) is 15.0 Å². The van der Waals surface area contributed by atoms with Crippen LogP contribution < -0.4 is 10.6 Å². The molecule has 98 heavy (non-hydrogen) atoms. The van der Waals surface area contributed by atoms with Crippen molar-refractivity contribution in [3.8, 4) is 11.4 Å². The van der Waals surface area contributed by atoms with Crippen molar-refractivity contribution in [3.05, 3.63) is 88.0 Å². The van der Waals surface area contributed by atoms with E-state index in [-0.39, 0.29) is 0 Å². The van der Waals surface area contributed by atoms with Crippen LogP contribution in [0.4, 0.5) is 23.3 Å². The van der Waals surface area contributed by atoms with Gasteiger partial charge >= 0.3 is 0 Å². The highest BCUT2D eigenvalue weighted by atomic mass is 15.2. The van der Waals surface area contributed by atoms with Crippen molar-refractivity contribution in [1.82, 2.24) is 15.0 Å². The van der Waals surface area contributed by atoms with Gasteiger partial charge in [-0.25, -0.2) is 0 Å². The average molecular weight is 1350 g/mol. The summed E-state index contributed by atoms with van der Waals surface area (Å²) < 4.78 is 0. The number of hydrogen-bond acceptors (Lipinski definition) is 5. The number of aryl methyl sites for hydroxylation is 4. The summed E-state index contributed by atoms with van der Waals surface area (Å²) in [5, 5.41) is 7.88. The maximum atomic E-state index is 5.39. The van der Waals surface area contributed by atoms with E-state index in [1.54, 1.807) is 33.4 Å². The third-order valence-electron chi connectivity index (χ3n) is 21.8. The fraction of sp³-hybridized carbons (Fsp3) is 0.774. The minimum atomic E-state index is 0.632. The Hall–Kier alpha value is -3.73. The predicted molar refractivity (Wildman–Crippen MR) is 438 cm³/mol. The number of unbranched alkanes of at least 4 members (excludes halogenated alkanes) is 54. The van der Waals surface area contributed by atoms with Gasteiger partial charge in [-0.1, -0.05) is 419 Å². The van der Waals surface area contributed by atoms with E-state index in [9.17, 15) is 0 Å². The Bertz CT molecular complexity index is 2170. The van der Waals surface area contributed by atoms with Crippen molar-refractivity contribution in [2.75, 3.05) is 10.6 Å². The van der Waals surface area contributed by atoms with Gasteiger partial charge in [0.2, 0.25) is 11.9 Å². The number of nitrogens with one attached hydrogen (secondary N) is 2. The molecule has 0 saturated carbocycles. The van der Waals surface area contributed by atoms with Gasteiger partial charge < -0.3 is 10.6 Å². The number of hydrogen-bond donors (Lipinski definition) is 2. The second-order valence-electron chi connectivity index (χ2n) is 31.1. The van der Waals surface area contributed by atoms with E-state index < -0.39 is 0 Å². The summed E-state index contributed by atoms with van der Waals surface area (Å²) in [6, 6.07) is 20.8. The zero-order valence-electron chi connectivity index (χ0n) is 66.2. The van der Waals surface area contributed by atoms with E-state index in [2.05, 4.69) is 107 Å². The largest absolute Gasteiger partial charge is 0.324 e. The van der Waals surface area contributed by atoms with Gasteiger partial charge in [0.15, 0.2) is 5.82 Å². The molecule has 0 amide bonds. The highest BCUT2D eigenvalue weighted by Gasteiger charge is 2.18. The number of aromatic nitrogens is 3. The second-order valence-corrected chi connectivity index (χ2v) is 31.1. The van der Waals surface area contributed by atoms with Gasteiger partial charge in [0, 0.05) is 16.9 Å². The van der Waals surface area contributed by atoms with Gasteiger partial charge in [0.05, 0.1) is 0 Å². The van der Waals surface area contributed by atoms with E-state index in [1.165, 1.54) is 398 Å². The normalized spacial score (nSPS) is 11.6. The molecule has 5 nitrogen and oxygen atoms in total. The summed E-state index contributed by atoms with van der Waals surface area (Å²) in [5.74, 6) is 1.98. The molecule has 558 valence electrons. The Morgan fingerprint density at radius 2 is 0.408 bits per heavy atom. The zero-order valence-corrected chi connectivity index (χ0v) is 66.2. The molecule has 0 spiro atoms. The Morgan fingerprint density at radius 3 is 0.622 bits per heavy atom. The molecule has 0 atom stereocenters. The topological polar surface area (TPSA) is 62.7 Å². The SMILES string of the molecule is CCCCCCCCCCCCc1cc(Nc2nc(Nc3cc(CCCCCCCCCCCC)c(CCCCCCCCCCCC)c(CCCCCCCCCCCC)c3)nc(-c3ccccc3)n2)cc(CCCCCCCCCCCC)c1CCCCCCCCCCCC. The standard InChI is InChI=1S/C93H161N5/c1-7-13-19-25-31-37-43-49-55-62-72-83-78-87(79-84(73-63-56-50-44-38-32-26-20-14-8-2)89(83)76-68-59-53-47-41-35-29-23-17-11-5)94-92-96-91(82-70-66-61-67-71-82)97-93(98-92)95-88-80-85(74-64-57-51-45-39-33-27-21-15-9-3)90(77-69-60-54-48-42-36-30-24-18-12-6)86(81-88)75-65-58-52-46-40-34-28-22-16-10-4/h61,66-67,70-71,78-81H,7-60,62-65,68-69,72-77H2,1-6H3,(H2,94,95,96,97,98). The molecule has 2 N–H and O–H groups in total. The van der Waals surface area contributed by atoms with Crippen LogP contribution in [0, 0.1) is 0 Å². The molecule has 0 aliphatic rings. The Balaban J connectivity index is 1.72. The molecule has 3 aromatic carbocycles. The first-order chi connectivity index (χ1) is 48.5. The Morgan fingerprint density at radius 1 is 0.214 bits per heavy atom. The van der Waals surface area contributed by atoms with Crippen LogP contribution in [-0.2, 0) is 38.5 Å². The van der Waals surface area contributed by atoms with Crippen molar-refractivity contribution in [2.24, 2.45) is 0 Å². The highest BCUT2D eigenvalue weighted by molar-refractivity contribution is 5.66. The van der Waals surface area contributed by atoms with Gasteiger partial charge in [-0.2, -0.15) is 15.0 Å². The smallest absolute Gasteiger partial charge is 0.232 e. The second kappa shape index (κ2) is 63.0. The van der Waals surface area contributed by atoms with Gasteiger partial charge in [0.25, 0.3) is 0 Å². The molecule has 0 saturated heterocycles. The molecule has 1 aromatic heterocycles. The number of benzene rings is 3. The molecular weight excluding hydrogens is 1190 g/mol. The van der Waals surface area contributed by atoms with Crippen molar-refractivity contribution in [3.63, 3.8) is 0 Å². The van der Waals surface area contributed by atoms with Crippen LogP contribution in [0.1, 0.15) is 460 Å². The molecule has 0 bridgehead atoms. The lowest BCUT2D eigenvalue weighted by Crippen LogP contribution is -2.09. The summed E-state index contributed by atoms with van der Waals surface area (Å²) in [6.07, 6.45) is 89.4. The molecule has 5 heteroatoms. The van der Waals surface area contributed by atoms with E-state index in [1.807, 2.05) is 0 Å². The fourth-order valence-corrected chi connectivity index (χ4v) is 15.5. The molecule has 0 unspecified atom stereocenters. The van der Waals surface area contributed by atoms with Crippen LogP contribution in [0.25, 0.3) is 11.4 Å². The summed E-state index contributed by atoms with van der Waals surface area (Å²) in [7, 11) is 0. The van der Waals surface area contributed by atoms with Crippen LogP contribution >= 0.6 is 0 Å². The monoisotopic (exact) mass is 1350 g/mol. The van der Waals surface area contributed by atoms with E-state index >= 15 is 0 Å². The quantitative estimate of drug-likeness (QED) is 0.0431. The summed E-state index contributed by atoms with van der Waals surface area (Å²) in [5.41, 5.74) is 12.9. The summed E-state index contributed by atoms with van der Waals surface area (Å²) >= 11 is 0. The summed E-state index contributed by atoms with van der Waals surface area (Å²) in [4.78, 5) is 16.0. The van der Waals surface area contributed by atoms with Crippen LogP contribution in [0.5, 0.6) is 0 Å². The maximum Gasteiger partial charge on any atom is 0.232 e. The molecule has 4 rings (SSSR count). The first-order valence-corrected chi connectivity index (χ1v) is 44.2. The lowest BCUT2D eigenvalue weighted by molar-refractivity contribution is 0.551. The lowest BCUT2D eigenvalue weighted by Gasteiger charge is -2.20. The molecule has 0 aliphatic carbocycles. The zero-order chi connectivity index (χ0) is 69.5. The van der Waals surface area contributed by atoms with Crippen LogP contribution in [0.15, 0.2) is 54.6 Å². The van der Waals surface area contributed by atoms with E-state index in [0.717, 1.165) is 42.6 Å². The third-order valence-corrected chi connectivity index (χ3v) is 21.8. The molecule has 0 aliphatic heterocycles. The van der Waals surface area contributed by atoms with Gasteiger partial charge in [-0.15, -0.1) is 0 Å². The predicted octanol–water partition coefficient (Wildman–Crippen LogP) is 31.8. The first kappa shape index (κ1) is 86.7. The third kappa shape index (κ3) is 43.9. The molecule has 0 fully saturated rings. The van der Waals surface area contributed by atoms with E-state index in [0.29, 0.717) is 17.7 Å². The minimum Gasteiger partial charge on any atom is -0.324 e. The van der Waals surface area contributed by atoms with Gasteiger partial charge in [0.1, 0.15) is 0 Å². The number of rotatable bonds is 71. The molecule has 1 heterocycles. The Labute approximate surface area is 610 Å².